The number of rotatable bonds is 4. The maximum absolute atomic E-state index is 12.3. The highest BCUT2D eigenvalue weighted by Crippen LogP contribution is 2.35. The zero-order valence-corrected chi connectivity index (χ0v) is 14.7. The molecule has 3 aromatic rings. The van der Waals surface area contributed by atoms with Crippen molar-refractivity contribution in [2.75, 3.05) is 7.11 Å². The molecule has 1 N–H and O–H groups in total. The van der Waals surface area contributed by atoms with Gasteiger partial charge in [-0.3, -0.25) is 4.79 Å². The highest BCUT2D eigenvalue weighted by Gasteiger charge is 2.16. The number of ether oxygens (including phenoxy) is 1. The predicted molar refractivity (Wildman–Crippen MR) is 99.6 cm³/mol. The third kappa shape index (κ3) is 3.42. The summed E-state index contributed by atoms with van der Waals surface area (Å²) in [6, 6.07) is 13.3. The van der Waals surface area contributed by atoms with Crippen LogP contribution < -0.4 is 10.2 Å². The first-order chi connectivity index (χ1) is 11.6. The van der Waals surface area contributed by atoms with Crippen molar-refractivity contribution in [3.63, 3.8) is 0 Å². The summed E-state index contributed by atoms with van der Waals surface area (Å²) in [5, 5.41) is 5.34. The number of halogens is 1. The van der Waals surface area contributed by atoms with Crippen LogP contribution in [0.25, 0.3) is 10.1 Å². The molecular formula is C18H15ClN2O2S. The zero-order valence-electron chi connectivity index (χ0n) is 13.2. The minimum atomic E-state index is -0.316. The van der Waals surface area contributed by atoms with Crippen molar-refractivity contribution in [3.05, 3.63) is 63.5 Å². The summed E-state index contributed by atoms with van der Waals surface area (Å²) in [4.78, 5) is 12.8. The Balaban J connectivity index is 1.74. The van der Waals surface area contributed by atoms with Crippen molar-refractivity contribution in [1.29, 1.82) is 0 Å². The van der Waals surface area contributed by atoms with Crippen molar-refractivity contribution in [3.8, 4) is 5.75 Å². The summed E-state index contributed by atoms with van der Waals surface area (Å²) in [7, 11) is 1.61. The van der Waals surface area contributed by atoms with Gasteiger partial charge in [-0.25, -0.2) is 5.43 Å². The number of benzene rings is 2. The molecule has 0 radical (unpaired) electrons. The summed E-state index contributed by atoms with van der Waals surface area (Å²) < 4.78 is 6.08. The second kappa shape index (κ2) is 7.03. The van der Waals surface area contributed by atoms with Crippen LogP contribution in [0.2, 0.25) is 5.02 Å². The van der Waals surface area contributed by atoms with E-state index in [0.717, 1.165) is 27.0 Å². The van der Waals surface area contributed by atoms with E-state index in [1.165, 1.54) is 11.3 Å². The summed E-state index contributed by atoms with van der Waals surface area (Å²) in [6.07, 6.45) is 1.57. The zero-order chi connectivity index (χ0) is 17.1. The number of hydrogen-bond acceptors (Lipinski definition) is 4. The Morgan fingerprint density at radius 1 is 1.25 bits per heavy atom. The van der Waals surface area contributed by atoms with E-state index in [2.05, 4.69) is 10.5 Å². The molecule has 1 amide bonds. The number of carbonyl (C=O) groups excluding carboxylic acids is 1. The van der Waals surface area contributed by atoms with Crippen LogP contribution in [0.15, 0.2) is 47.6 Å². The maximum atomic E-state index is 12.3. The molecule has 0 saturated carbocycles. The Kier molecular flexibility index (Phi) is 4.83. The van der Waals surface area contributed by atoms with Crippen LogP contribution in [0.1, 0.15) is 20.8 Å². The van der Waals surface area contributed by atoms with Gasteiger partial charge >= 0.3 is 0 Å². The van der Waals surface area contributed by atoms with Crippen LogP contribution in [0.3, 0.4) is 0 Å². The molecule has 0 fully saturated rings. The van der Waals surface area contributed by atoms with Gasteiger partial charge in [-0.2, -0.15) is 5.10 Å². The molecule has 4 nitrogen and oxygen atoms in total. The van der Waals surface area contributed by atoms with E-state index in [0.29, 0.717) is 9.90 Å². The second-order valence-electron chi connectivity index (χ2n) is 5.22. The Labute approximate surface area is 148 Å². The highest BCUT2D eigenvalue weighted by molar-refractivity contribution is 7.21. The molecule has 122 valence electrons. The van der Waals surface area contributed by atoms with Gasteiger partial charge in [-0.1, -0.05) is 23.7 Å². The number of amides is 1. The SMILES string of the molecule is COc1ccc(/C=N/NC(=O)c2sc3cc(C)ccc3c2Cl)cc1. The Morgan fingerprint density at radius 2 is 2.00 bits per heavy atom. The largest absolute Gasteiger partial charge is 0.497 e. The van der Waals surface area contributed by atoms with Crippen LogP contribution in [0.5, 0.6) is 5.75 Å². The van der Waals surface area contributed by atoms with Gasteiger partial charge in [-0.15, -0.1) is 11.3 Å². The van der Waals surface area contributed by atoms with Crippen molar-refractivity contribution in [1.82, 2.24) is 5.43 Å². The Bertz CT molecular complexity index is 917. The fraction of sp³-hybridized carbons (Fsp3) is 0.111. The van der Waals surface area contributed by atoms with Crippen molar-refractivity contribution >= 4 is 45.1 Å². The standard InChI is InChI=1S/C18H15ClN2O2S/c1-11-3-8-14-15(9-11)24-17(16(14)19)18(22)21-20-10-12-4-6-13(23-2)7-5-12/h3-10H,1-2H3,(H,21,22)/b20-10+. The maximum Gasteiger partial charge on any atom is 0.283 e. The molecule has 6 heteroatoms. The van der Waals surface area contributed by atoms with Gasteiger partial charge in [0.1, 0.15) is 10.6 Å². The normalized spacial score (nSPS) is 11.1. The second-order valence-corrected chi connectivity index (χ2v) is 6.65. The number of nitrogens with one attached hydrogen (secondary N) is 1. The Morgan fingerprint density at radius 3 is 2.71 bits per heavy atom. The van der Waals surface area contributed by atoms with Crippen LogP contribution in [0.4, 0.5) is 0 Å². The molecule has 2 aromatic carbocycles. The number of aryl methyl sites for hydroxylation is 1. The molecule has 1 aromatic heterocycles. The monoisotopic (exact) mass is 358 g/mol. The number of methoxy groups -OCH3 is 1. The van der Waals surface area contributed by atoms with E-state index < -0.39 is 0 Å². The quantitative estimate of drug-likeness (QED) is 0.545. The average molecular weight is 359 g/mol. The lowest BCUT2D eigenvalue weighted by molar-refractivity contribution is 0.0959. The van der Waals surface area contributed by atoms with Crippen LogP contribution >= 0.6 is 22.9 Å². The molecule has 1 heterocycles. The molecule has 0 aliphatic carbocycles. The van der Waals surface area contributed by atoms with Gasteiger partial charge in [0.2, 0.25) is 0 Å². The van der Waals surface area contributed by atoms with E-state index in [-0.39, 0.29) is 5.91 Å². The van der Waals surface area contributed by atoms with Crippen LogP contribution in [0, 0.1) is 6.92 Å². The Hall–Kier alpha value is -2.37. The third-order valence-electron chi connectivity index (χ3n) is 3.49. The van der Waals surface area contributed by atoms with Gasteiger partial charge in [0, 0.05) is 10.1 Å². The number of nitrogens with zero attached hydrogens (tertiary/aromatic N) is 1. The predicted octanol–water partition coefficient (Wildman–Crippen LogP) is 4.64. The summed E-state index contributed by atoms with van der Waals surface area (Å²) in [6.45, 7) is 2.01. The van der Waals surface area contributed by atoms with Gasteiger partial charge in [0.15, 0.2) is 0 Å². The molecule has 0 bridgehead atoms. The van der Waals surface area contributed by atoms with Gasteiger partial charge < -0.3 is 4.74 Å². The smallest absolute Gasteiger partial charge is 0.283 e. The summed E-state index contributed by atoms with van der Waals surface area (Å²) in [5.74, 6) is 0.451. The number of thiophene rings is 1. The summed E-state index contributed by atoms with van der Waals surface area (Å²) >= 11 is 7.68. The van der Waals surface area contributed by atoms with E-state index >= 15 is 0 Å². The first-order valence-corrected chi connectivity index (χ1v) is 8.44. The lowest BCUT2D eigenvalue weighted by Crippen LogP contribution is -2.16. The molecule has 0 saturated heterocycles. The fourth-order valence-electron chi connectivity index (χ4n) is 2.22. The van der Waals surface area contributed by atoms with E-state index in [1.54, 1.807) is 13.3 Å². The topological polar surface area (TPSA) is 50.7 Å². The average Bonchev–Trinajstić information content (AvgIpc) is 2.91. The van der Waals surface area contributed by atoms with Crippen molar-refractivity contribution in [2.24, 2.45) is 5.10 Å². The molecule has 0 unspecified atom stereocenters. The first kappa shape index (κ1) is 16.5. The van der Waals surface area contributed by atoms with E-state index in [1.807, 2.05) is 49.4 Å². The summed E-state index contributed by atoms with van der Waals surface area (Å²) in [5.41, 5.74) is 4.50. The molecule has 0 spiro atoms. The van der Waals surface area contributed by atoms with Crippen molar-refractivity contribution < 1.29 is 9.53 Å². The highest BCUT2D eigenvalue weighted by atomic mass is 35.5. The number of carbonyl (C=O) groups is 1. The van der Waals surface area contributed by atoms with Gasteiger partial charge in [0.05, 0.1) is 18.3 Å². The minimum Gasteiger partial charge on any atom is -0.497 e. The number of hydrazone groups is 1. The fourth-order valence-corrected chi connectivity index (χ4v) is 3.73. The lowest BCUT2D eigenvalue weighted by Gasteiger charge is -1.99. The molecule has 0 aliphatic rings. The molecule has 24 heavy (non-hydrogen) atoms. The lowest BCUT2D eigenvalue weighted by atomic mass is 10.2. The molecular weight excluding hydrogens is 344 g/mol. The number of fused-ring (bicyclic) bond motifs is 1. The minimum absolute atomic E-state index is 0.316. The van der Waals surface area contributed by atoms with E-state index in [4.69, 9.17) is 16.3 Å². The van der Waals surface area contributed by atoms with E-state index in [9.17, 15) is 4.79 Å². The molecule has 0 aliphatic heterocycles. The van der Waals surface area contributed by atoms with Crippen molar-refractivity contribution in [2.45, 2.75) is 6.92 Å². The first-order valence-electron chi connectivity index (χ1n) is 7.24. The number of hydrogen-bond donors (Lipinski definition) is 1. The van der Waals surface area contributed by atoms with Crippen LogP contribution in [-0.4, -0.2) is 19.2 Å². The van der Waals surface area contributed by atoms with Gasteiger partial charge in [-0.05, 0) is 48.4 Å². The molecule has 3 rings (SSSR count). The van der Waals surface area contributed by atoms with Gasteiger partial charge in [0.25, 0.3) is 5.91 Å². The molecule has 0 atom stereocenters. The van der Waals surface area contributed by atoms with Crippen LogP contribution in [-0.2, 0) is 0 Å². The third-order valence-corrected chi connectivity index (χ3v) is 5.14.